The minimum absolute atomic E-state index is 0.0645. The van der Waals surface area contributed by atoms with Crippen molar-refractivity contribution in [1.29, 1.82) is 0 Å². The van der Waals surface area contributed by atoms with Crippen LogP contribution in [0.3, 0.4) is 0 Å². The van der Waals surface area contributed by atoms with Gasteiger partial charge in [-0.05, 0) is 12.8 Å². The third-order valence-corrected chi connectivity index (χ3v) is 2.53. The first-order chi connectivity index (χ1) is 6.84. The first-order valence-electron chi connectivity index (χ1n) is 5.29. The van der Waals surface area contributed by atoms with E-state index in [-0.39, 0.29) is 18.6 Å². The second kappa shape index (κ2) is 6.79. The fourth-order valence-corrected chi connectivity index (χ4v) is 1.74. The molecule has 1 aliphatic rings. The molecular weight excluding hydrogens is 182 g/mol. The van der Waals surface area contributed by atoms with Crippen molar-refractivity contribution in [2.75, 3.05) is 19.9 Å². The van der Waals surface area contributed by atoms with Gasteiger partial charge in [-0.2, -0.15) is 0 Å². The Bertz CT molecular complexity index is 167. The molecule has 0 heterocycles. The quantitative estimate of drug-likeness (QED) is 0.410. The summed E-state index contributed by atoms with van der Waals surface area (Å²) in [5.41, 5.74) is 5.13. The van der Waals surface area contributed by atoms with E-state index < -0.39 is 0 Å². The Kier molecular flexibility index (Phi) is 5.56. The predicted octanol–water partition coefficient (Wildman–Crippen LogP) is 1.04. The number of esters is 1. The molecule has 4 nitrogen and oxygen atoms in total. The second-order valence-corrected chi connectivity index (χ2v) is 3.58. The van der Waals surface area contributed by atoms with E-state index in [9.17, 15) is 4.79 Å². The number of carbonyl (C=O) groups excluding carboxylic acids is 1. The molecule has 0 aromatic rings. The molecule has 0 saturated heterocycles. The van der Waals surface area contributed by atoms with Crippen molar-refractivity contribution in [3.05, 3.63) is 0 Å². The van der Waals surface area contributed by atoms with Crippen molar-refractivity contribution >= 4 is 5.97 Å². The van der Waals surface area contributed by atoms with Gasteiger partial charge in [0.2, 0.25) is 0 Å². The Morgan fingerprint density at radius 1 is 1.21 bits per heavy atom. The van der Waals surface area contributed by atoms with E-state index in [2.05, 4.69) is 0 Å². The number of hydrogen-bond donors (Lipinski definition) is 1. The van der Waals surface area contributed by atoms with E-state index in [1.165, 1.54) is 6.42 Å². The van der Waals surface area contributed by atoms with E-state index in [0.29, 0.717) is 13.2 Å². The van der Waals surface area contributed by atoms with Crippen LogP contribution in [-0.2, 0) is 14.3 Å². The molecule has 1 aliphatic carbocycles. The molecule has 0 atom stereocenters. The van der Waals surface area contributed by atoms with Gasteiger partial charge in [0.05, 0.1) is 19.3 Å². The van der Waals surface area contributed by atoms with Crippen LogP contribution < -0.4 is 5.73 Å². The summed E-state index contributed by atoms with van der Waals surface area (Å²) in [4.78, 5) is 11.5. The number of nitrogens with two attached hydrogens (primary N) is 1. The van der Waals surface area contributed by atoms with Crippen molar-refractivity contribution in [2.24, 2.45) is 11.7 Å². The molecule has 0 spiro atoms. The average molecular weight is 201 g/mol. The van der Waals surface area contributed by atoms with Crippen LogP contribution in [0.4, 0.5) is 0 Å². The normalized spacial score (nSPS) is 18.1. The number of carbonyl (C=O) groups is 1. The highest BCUT2D eigenvalue weighted by atomic mass is 16.6. The van der Waals surface area contributed by atoms with Gasteiger partial charge in [-0.3, -0.25) is 4.79 Å². The average Bonchev–Trinajstić information content (AvgIpc) is 2.25. The monoisotopic (exact) mass is 201 g/mol. The van der Waals surface area contributed by atoms with Gasteiger partial charge in [-0.1, -0.05) is 19.3 Å². The SMILES string of the molecule is NCOCCOC(=O)C1CCCCC1. The Morgan fingerprint density at radius 2 is 1.93 bits per heavy atom. The predicted molar refractivity (Wildman–Crippen MR) is 52.5 cm³/mol. The molecule has 4 heteroatoms. The Morgan fingerprint density at radius 3 is 2.57 bits per heavy atom. The molecule has 0 amide bonds. The minimum atomic E-state index is -0.0645. The number of rotatable bonds is 5. The lowest BCUT2D eigenvalue weighted by atomic mass is 9.89. The van der Waals surface area contributed by atoms with Gasteiger partial charge < -0.3 is 15.2 Å². The molecule has 14 heavy (non-hydrogen) atoms. The molecule has 0 aromatic heterocycles. The Hall–Kier alpha value is -0.610. The lowest BCUT2D eigenvalue weighted by molar-refractivity contribution is -0.151. The maximum Gasteiger partial charge on any atom is 0.309 e. The van der Waals surface area contributed by atoms with Crippen LogP contribution in [0.2, 0.25) is 0 Å². The molecular formula is C10H19NO3. The molecule has 0 radical (unpaired) electrons. The van der Waals surface area contributed by atoms with Crippen LogP contribution in [0.25, 0.3) is 0 Å². The Labute approximate surface area is 84.7 Å². The molecule has 1 rings (SSSR count). The highest BCUT2D eigenvalue weighted by Crippen LogP contribution is 2.24. The smallest absolute Gasteiger partial charge is 0.309 e. The zero-order valence-corrected chi connectivity index (χ0v) is 8.54. The lowest BCUT2D eigenvalue weighted by Crippen LogP contribution is -2.22. The summed E-state index contributed by atoms with van der Waals surface area (Å²) in [5, 5.41) is 0. The lowest BCUT2D eigenvalue weighted by Gasteiger charge is -2.19. The largest absolute Gasteiger partial charge is 0.463 e. The molecule has 0 aliphatic heterocycles. The van der Waals surface area contributed by atoms with Crippen molar-refractivity contribution in [2.45, 2.75) is 32.1 Å². The maximum absolute atomic E-state index is 11.5. The first kappa shape index (κ1) is 11.5. The van der Waals surface area contributed by atoms with Crippen LogP contribution >= 0.6 is 0 Å². The van der Waals surface area contributed by atoms with E-state index in [0.717, 1.165) is 25.7 Å². The van der Waals surface area contributed by atoms with Crippen LogP contribution in [0.5, 0.6) is 0 Å². The zero-order valence-electron chi connectivity index (χ0n) is 8.54. The minimum Gasteiger partial charge on any atom is -0.463 e. The summed E-state index contributed by atoms with van der Waals surface area (Å²) in [5.74, 6) is 0.0620. The van der Waals surface area contributed by atoms with Gasteiger partial charge in [0.1, 0.15) is 6.61 Å². The summed E-state index contributed by atoms with van der Waals surface area (Å²) in [6.07, 6.45) is 5.52. The highest BCUT2D eigenvalue weighted by Gasteiger charge is 2.21. The van der Waals surface area contributed by atoms with Crippen LogP contribution in [0.15, 0.2) is 0 Å². The molecule has 0 bridgehead atoms. The molecule has 1 fully saturated rings. The Balaban J connectivity index is 2.07. The van der Waals surface area contributed by atoms with Gasteiger partial charge in [-0.15, -0.1) is 0 Å². The second-order valence-electron chi connectivity index (χ2n) is 3.58. The van der Waals surface area contributed by atoms with E-state index in [4.69, 9.17) is 15.2 Å². The van der Waals surface area contributed by atoms with Gasteiger partial charge in [0.15, 0.2) is 0 Å². The van der Waals surface area contributed by atoms with Gasteiger partial charge >= 0.3 is 5.97 Å². The summed E-state index contributed by atoms with van der Waals surface area (Å²) in [6.45, 7) is 0.905. The van der Waals surface area contributed by atoms with Gasteiger partial charge in [0, 0.05) is 0 Å². The van der Waals surface area contributed by atoms with Crippen LogP contribution in [0.1, 0.15) is 32.1 Å². The fourth-order valence-electron chi connectivity index (χ4n) is 1.74. The number of ether oxygens (including phenoxy) is 2. The molecule has 0 aromatic carbocycles. The molecule has 0 unspecified atom stereocenters. The third kappa shape index (κ3) is 4.07. The van der Waals surface area contributed by atoms with Gasteiger partial charge in [-0.25, -0.2) is 0 Å². The van der Waals surface area contributed by atoms with Crippen LogP contribution in [0, 0.1) is 5.92 Å². The summed E-state index contributed by atoms with van der Waals surface area (Å²) in [6, 6.07) is 0. The van der Waals surface area contributed by atoms with Crippen molar-refractivity contribution in [3.63, 3.8) is 0 Å². The summed E-state index contributed by atoms with van der Waals surface area (Å²) < 4.78 is 9.94. The molecule has 2 N–H and O–H groups in total. The standard InChI is InChI=1S/C10H19NO3/c11-8-13-6-7-14-10(12)9-4-2-1-3-5-9/h9H,1-8,11H2. The summed E-state index contributed by atoms with van der Waals surface area (Å²) in [7, 11) is 0. The third-order valence-electron chi connectivity index (χ3n) is 2.53. The fraction of sp³-hybridized carbons (Fsp3) is 0.900. The first-order valence-corrected chi connectivity index (χ1v) is 5.29. The highest BCUT2D eigenvalue weighted by molar-refractivity contribution is 5.72. The van der Waals surface area contributed by atoms with E-state index >= 15 is 0 Å². The van der Waals surface area contributed by atoms with Crippen molar-refractivity contribution in [3.8, 4) is 0 Å². The van der Waals surface area contributed by atoms with Crippen molar-refractivity contribution in [1.82, 2.24) is 0 Å². The molecule has 1 saturated carbocycles. The maximum atomic E-state index is 11.5. The van der Waals surface area contributed by atoms with Crippen LogP contribution in [-0.4, -0.2) is 25.9 Å². The molecule has 82 valence electrons. The van der Waals surface area contributed by atoms with Gasteiger partial charge in [0.25, 0.3) is 0 Å². The van der Waals surface area contributed by atoms with E-state index in [1.54, 1.807) is 0 Å². The zero-order chi connectivity index (χ0) is 10.2. The summed E-state index contributed by atoms with van der Waals surface area (Å²) >= 11 is 0. The number of hydrogen-bond acceptors (Lipinski definition) is 4. The topological polar surface area (TPSA) is 61.6 Å². The van der Waals surface area contributed by atoms with Crippen molar-refractivity contribution < 1.29 is 14.3 Å². The van der Waals surface area contributed by atoms with E-state index in [1.807, 2.05) is 0 Å².